The quantitative estimate of drug-likeness (QED) is 0.547. The molecule has 178 valence electrons. The van der Waals surface area contributed by atoms with Crippen molar-refractivity contribution in [2.24, 2.45) is 13.0 Å². The molecular formula is C23H31N6NaO3S. The Kier molecular flexibility index (Phi) is 7.64. The molecule has 0 saturated carbocycles. The maximum absolute atomic E-state index is 13.2. The molecule has 11 heteroatoms. The van der Waals surface area contributed by atoms with E-state index in [-0.39, 0.29) is 36.1 Å². The van der Waals surface area contributed by atoms with E-state index in [0.717, 1.165) is 68.4 Å². The van der Waals surface area contributed by atoms with Crippen molar-refractivity contribution in [3.05, 3.63) is 45.4 Å². The van der Waals surface area contributed by atoms with E-state index < -0.39 is 16.2 Å². The van der Waals surface area contributed by atoms with Gasteiger partial charge in [0.1, 0.15) is 0 Å². The minimum Gasteiger partial charge on any atom is -0.423 e. The molecule has 1 saturated heterocycles. The second-order valence-corrected chi connectivity index (χ2v) is 11.1. The molecule has 1 aromatic heterocycles. The van der Waals surface area contributed by atoms with Crippen LogP contribution in [0, 0.1) is 5.92 Å². The van der Waals surface area contributed by atoms with Crippen LogP contribution in [0.5, 0.6) is 0 Å². The summed E-state index contributed by atoms with van der Waals surface area (Å²) in [5.74, 6) is 0.623. The number of urea groups is 1. The predicted molar refractivity (Wildman–Crippen MR) is 128 cm³/mol. The van der Waals surface area contributed by atoms with E-state index >= 15 is 0 Å². The van der Waals surface area contributed by atoms with Crippen molar-refractivity contribution >= 4 is 27.6 Å². The molecule has 2 aromatic rings. The van der Waals surface area contributed by atoms with Gasteiger partial charge in [-0.15, -0.1) is 0 Å². The van der Waals surface area contributed by atoms with Crippen LogP contribution in [0.15, 0.2) is 18.5 Å². The Hall–Kier alpha value is -1.59. The van der Waals surface area contributed by atoms with Crippen molar-refractivity contribution < 1.29 is 42.8 Å². The molecule has 34 heavy (non-hydrogen) atoms. The molecule has 0 atom stereocenters. The Labute approximate surface area is 223 Å². The van der Waals surface area contributed by atoms with Gasteiger partial charge in [0, 0.05) is 39.4 Å². The molecule has 2 aliphatic carbocycles. The van der Waals surface area contributed by atoms with E-state index in [1.165, 1.54) is 21.6 Å². The van der Waals surface area contributed by atoms with Gasteiger partial charge in [0.2, 0.25) is 0 Å². The van der Waals surface area contributed by atoms with Crippen molar-refractivity contribution in [3.8, 4) is 0 Å². The van der Waals surface area contributed by atoms with Gasteiger partial charge in [-0.1, -0.05) is 13.0 Å². The number of fused-ring (bicyclic) bond motifs is 2. The molecule has 1 fully saturated rings. The summed E-state index contributed by atoms with van der Waals surface area (Å²) in [7, 11) is -2.51. The summed E-state index contributed by atoms with van der Waals surface area (Å²) < 4.78 is 32.9. The van der Waals surface area contributed by atoms with Crippen molar-refractivity contribution in [3.63, 3.8) is 0 Å². The van der Waals surface area contributed by atoms with Crippen LogP contribution in [0.25, 0.3) is 4.72 Å². The summed E-state index contributed by atoms with van der Waals surface area (Å²) in [5.41, 5.74) is 6.04. The number of aromatic nitrogens is 2. The summed E-state index contributed by atoms with van der Waals surface area (Å²) in [4.78, 5) is 15.1. The van der Waals surface area contributed by atoms with Crippen molar-refractivity contribution in [2.75, 3.05) is 35.8 Å². The van der Waals surface area contributed by atoms with Gasteiger partial charge in [-0.25, -0.2) is 8.42 Å². The largest absolute Gasteiger partial charge is 1.00 e. The van der Waals surface area contributed by atoms with Gasteiger partial charge in [0.05, 0.1) is 11.9 Å². The molecule has 3 aliphatic rings. The Morgan fingerprint density at radius 2 is 1.82 bits per heavy atom. The smallest absolute Gasteiger partial charge is 0.423 e. The first-order valence-electron chi connectivity index (χ1n) is 11.7. The molecule has 0 radical (unpaired) electrons. The van der Waals surface area contributed by atoms with Gasteiger partial charge in [-0.3, -0.25) is 13.8 Å². The van der Waals surface area contributed by atoms with E-state index in [2.05, 4.69) is 33.0 Å². The van der Waals surface area contributed by atoms with Crippen LogP contribution in [0.4, 0.5) is 16.2 Å². The number of nitrogens with one attached hydrogen (secondary N) is 1. The van der Waals surface area contributed by atoms with Crippen molar-refractivity contribution in [1.29, 1.82) is 0 Å². The zero-order valence-corrected chi connectivity index (χ0v) is 23.1. The second-order valence-electron chi connectivity index (χ2n) is 9.54. The molecule has 2 heterocycles. The van der Waals surface area contributed by atoms with E-state index in [9.17, 15) is 13.2 Å². The molecule has 9 nitrogen and oxygen atoms in total. The average Bonchev–Trinajstić information content (AvgIpc) is 3.46. The van der Waals surface area contributed by atoms with E-state index in [1.54, 1.807) is 17.9 Å². The fourth-order valence-electron chi connectivity index (χ4n) is 5.41. The molecule has 0 bridgehead atoms. The molecule has 0 unspecified atom stereocenters. The molecule has 1 N–H and O–H groups in total. The third-order valence-corrected chi connectivity index (χ3v) is 8.27. The predicted octanol–water partition coefficient (Wildman–Crippen LogP) is 0.0102. The zero-order chi connectivity index (χ0) is 23.2. The standard InChI is InChI=1S/C23H32N6O3S.Na/c1-16-13-28(14-16)9-10-29(19-12-24-27(2)15-19)33(31,32)26-23(30)25-22-20-7-3-5-17(20)11-18-6-4-8-21(18)22;/h11-12,15-16H,3-10,13-14H2,1-2H3,(H2,25,26,30);/q;+1/p-1. The number of carbonyl (C=O) groups is 1. The van der Waals surface area contributed by atoms with Crippen molar-refractivity contribution in [1.82, 2.24) is 14.7 Å². The number of carbonyl (C=O) groups excluding carboxylic acids is 1. The van der Waals surface area contributed by atoms with Crippen LogP contribution < -0.4 is 39.2 Å². The number of likely N-dealkylation sites (tertiary alicyclic amines) is 1. The molecule has 5 rings (SSSR count). The monoisotopic (exact) mass is 494 g/mol. The number of amides is 2. The molecule has 1 aromatic carbocycles. The number of hydrogen-bond acceptors (Lipinski definition) is 5. The molecule has 0 spiro atoms. The van der Waals surface area contributed by atoms with Gasteiger partial charge in [0.25, 0.3) is 10.2 Å². The number of hydrogen-bond donors (Lipinski definition) is 1. The Balaban J connectivity index is 0.00000274. The van der Waals surface area contributed by atoms with Crippen LogP contribution in [0.1, 0.15) is 42.0 Å². The fourth-order valence-corrected chi connectivity index (χ4v) is 6.44. The van der Waals surface area contributed by atoms with Gasteiger partial charge in [-0.2, -0.15) is 5.10 Å². The number of aryl methyl sites for hydroxylation is 3. The first-order chi connectivity index (χ1) is 15.8. The summed E-state index contributed by atoms with van der Waals surface area (Å²) in [5, 5.41) is 6.97. The zero-order valence-electron chi connectivity index (χ0n) is 20.2. The van der Waals surface area contributed by atoms with Gasteiger partial charge in [0.15, 0.2) is 6.03 Å². The maximum atomic E-state index is 13.2. The van der Waals surface area contributed by atoms with Crippen LogP contribution in [-0.4, -0.2) is 55.3 Å². The number of rotatable bonds is 7. The summed E-state index contributed by atoms with van der Waals surface area (Å²) >= 11 is 0. The number of anilines is 2. The fraction of sp³-hybridized carbons (Fsp3) is 0.565. The van der Waals surface area contributed by atoms with Crippen LogP contribution >= 0.6 is 0 Å². The maximum Gasteiger partial charge on any atom is 1.00 e. The first kappa shape index (κ1) is 25.5. The summed E-state index contributed by atoms with van der Waals surface area (Å²) in [6.45, 7) is 4.86. The Morgan fingerprint density at radius 1 is 1.18 bits per heavy atom. The van der Waals surface area contributed by atoms with E-state index in [1.807, 2.05) is 0 Å². The van der Waals surface area contributed by atoms with Crippen LogP contribution in [0.2, 0.25) is 0 Å². The second kappa shape index (κ2) is 10.2. The molecule has 2 amide bonds. The molecular weight excluding hydrogens is 463 g/mol. The van der Waals surface area contributed by atoms with E-state index in [0.29, 0.717) is 18.2 Å². The van der Waals surface area contributed by atoms with Gasteiger partial charge < -0.3 is 14.9 Å². The topological polar surface area (TPSA) is 102 Å². The Morgan fingerprint density at radius 3 is 2.38 bits per heavy atom. The third-order valence-electron chi connectivity index (χ3n) is 6.92. The average molecular weight is 495 g/mol. The minimum atomic E-state index is -4.24. The van der Waals surface area contributed by atoms with E-state index in [4.69, 9.17) is 0 Å². The third kappa shape index (κ3) is 5.16. The first-order valence-corrected chi connectivity index (χ1v) is 13.1. The minimum absolute atomic E-state index is 0. The number of benzene rings is 1. The van der Waals surface area contributed by atoms with Crippen molar-refractivity contribution in [2.45, 2.75) is 45.4 Å². The SMILES string of the molecule is CC1CN(CCN(c2cnn(C)c2)S(=O)(=O)[N-]C(=O)Nc2c3c(cc4c2CCC4)CCC3)C1.[Na+]. The summed E-state index contributed by atoms with van der Waals surface area (Å²) in [6, 6.07) is 1.44. The van der Waals surface area contributed by atoms with Crippen LogP contribution in [-0.2, 0) is 42.9 Å². The normalized spacial score (nSPS) is 17.5. The van der Waals surface area contributed by atoms with Gasteiger partial charge in [-0.05, 0) is 72.4 Å². The van der Waals surface area contributed by atoms with Crippen LogP contribution in [0.3, 0.4) is 0 Å². The molecule has 1 aliphatic heterocycles. The summed E-state index contributed by atoms with van der Waals surface area (Å²) in [6.07, 6.45) is 9.04. The number of nitrogens with zero attached hydrogens (tertiary/aromatic N) is 5. The Bertz CT molecular complexity index is 1140. The van der Waals surface area contributed by atoms with Gasteiger partial charge >= 0.3 is 29.6 Å².